The van der Waals surface area contributed by atoms with Crippen LogP contribution in [0.25, 0.3) is 0 Å². The normalized spacial score (nSPS) is 27.4. The SMILES string of the molecule is CCc1ccc(C2CC(=O)C2C)s1. The van der Waals surface area contributed by atoms with Gasteiger partial charge in [-0.05, 0) is 18.6 Å². The summed E-state index contributed by atoms with van der Waals surface area (Å²) in [5.74, 6) is 1.22. The zero-order chi connectivity index (χ0) is 9.42. The van der Waals surface area contributed by atoms with E-state index in [2.05, 4.69) is 19.1 Å². The fraction of sp³-hybridized carbons (Fsp3) is 0.545. The van der Waals surface area contributed by atoms with Gasteiger partial charge in [-0.25, -0.2) is 0 Å². The Morgan fingerprint density at radius 1 is 1.54 bits per heavy atom. The van der Waals surface area contributed by atoms with Crippen molar-refractivity contribution in [2.24, 2.45) is 5.92 Å². The van der Waals surface area contributed by atoms with E-state index in [4.69, 9.17) is 0 Å². The third-order valence-electron chi connectivity index (χ3n) is 2.93. The fourth-order valence-corrected chi connectivity index (χ4v) is 2.93. The van der Waals surface area contributed by atoms with E-state index < -0.39 is 0 Å². The van der Waals surface area contributed by atoms with Gasteiger partial charge >= 0.3 is 0 Å². The average Bonchev–Trinajstić information content (AvgIpc) is 2.61. The maximum Gasteiger partial charge on any atom is 0.137 e. The molecule has 0 aliphatic heterocycles. The summed E-state index contributed by atoms with van der Waals surface area (Å²) in [5.41, 5.74) is 0. The Morgan fingerprint density at radius 2 is 2.31 bits per heavy atom. The lowest BCUT2D eigenvalue weighted by Crippen LogP contribution is -2.32. The second kappa shape index (κ2) is 3.26. The summed E-state index contributed by atoms with van der Waals surface area (Å²) in [5, 5.41) is 0. The van der Waals surface area contributed by atoms with Gasteiger partial charge in [0.1, 0.15) is 5.78 Å². The van der Waals surface area contributed by atoms with Crippen molar-refractivity contribution in [3.63, 3.8) is 0 Å². The Hall–Kier alpha value is -0.630. The molecule has 1 fully saturated rings. The molecule has 0 spiro atoms. The van der Waals surface area contributed by atoms with E-state index in [-0.39, 0.29) is 5.92 Å². The minimum atomic E-state index is 0.267. The fourth-order valence-electron chi connectivity index (χ4n) is 1.77. The van der Waals surface area contributed by atoms with Gasteiger partial charge in [0, 0.05) is 28.0 Å². The Bertz CT molecular complexity index is 327. The molecule has 1 saturated carbocycles. The molecule has 13 heavy (non-hydrogen) atoms. The van der Waals surface area contributed by atoms with Crippen molar-refractivity contribution in [2.75, 3.05) is 0 Å². The van der Waals surface area contributed by atoms with Gasteiger partial charge in [0.15, 0.2) is 0 Å². The van der Waals surface area contributed by atoms with Gasteiger partial charge < -0.3 is 0 Å². The van der Waals surface area contributed by atoms with Crippen molar-refractivity contribution in [1.29, 1.82) is 0 Å². The molecule has 1 aliphatic rings. The minimum absolute atomic E-state index is 0.267. The molecule has 0 radical (unpaired) electrons. The van der Waals surface area contributed by atoms with Gasteiger partial charge in [0.05, 0.1) is 0 Å². The quantitative estimate of drug-likeness (QED) is 0.707. The molecule has 0 saturated heterocycles. The van der Waals surface area contributed by atoms with E-state index in [1.165, 1.54) is 9.75 Å². The molecule has 1 nitrogen and oxygen atoms in total. The number of rotatable bonds is 2. The molecular formula is C11H14OS. The third-order valence-corrected chi connectivity index (χ3v) is 4.29. The van der Waals surface area contributed by atoms with E-state index in [0.29, 0.717) is 11.7 Å². The summed E-state index contributed by atoms with van der Waals surface area (Å²) >= 11 is 1.87. The monoisotopic (exact) mass is 194 g/mol. The first kappa shape index (κ1) is 8.95. The molecule has 0 amide bonds. The predicted octanol–water partition coefficient (Wildman–Crippen LogP) is 3.00. The summed E-state index contributed by atoms with van der Waals surface area (Å²) in [4.78, 5) is 13.9. The first-order valence-corrected chi connectivity index (χ1v) is 5.65. The smallest absolute Gasteiger partial charge is 0.137 e. The van der Waals surface area contributed by atoms with Crippen LogP contribution in [0, 0.1) is 5.92 Å². The zero-order valence-corrected chi connectivity index (χ0v) is 8.86. The van der Waals surface area contributed by atoms with E-state index in [1.54, 1.807) is 0 Å². The second-order valence-electron chi connectivity index (χ2n) is 3.72. The minimum Gasteiger partial charge on any atom is -0.299 e. The van der Waals surface area contributed by atoms with Gasteiger partial charge in [-0.1, -0.05) is 13.8 Å². The molecule has 2 atom stereocenters. The molecule has 1 aliphatic carbocycles. The highest BCUT2D eigenvalue weighted by atomic mass is 32.1. The standard InChI is InChI=1S/C11H14OS/c1-3-8-4-5-11(13-8)9-6-10(12)7(9)2/h4-5,7,9H,3,6H2,1-2H3. The number of thiophene rings is 1. The van der Waals surface area contributed by atoms with Crippen LogP contribution >= 0.6 is 11.3 Å². The topological polar surface area (TPSA) is 17.1 Å². The number of carbonyl (C=O) groups is 1. The number of carbonyl (C=O) groups excluding carboxylic acids is 1. The van der Waals surface area contributed by atoms with Crippen molar-refractivity contribution in [2.45, 2.75) is 32.6 Å². The molecule has 1 heterocycles. The third kappa shape index (κ3) is 1.44. The predicted molar refractivity (Wildman–Crippen MR) is 55.2 cm³/mol. The highest BCUT2D eigenvalue weighted by Gasteiger charge is 2.37. The number of aryl methyl sites for hydroxylation is 1. The van der Waals surface area contributed by atoms with Crippen molar-refractivity contribution >= 4 is 17.1 Å². The van der Waals surface area contributed by atoms with E-state index >= 15 is 0 Å². The second-order valence-corrected chi connectivity index (χ2v) is 4.92. The highest BCUT2D eigenvalue weighted by molar-refractivity contribution is 7.12. The summed E-state index contributed by atoms with van der Waals surface area (Å²) in [6.45, 7) is 4.22. The number of Topliss-reactive ketones (excluding diaryl/α,β-unsaturated/α-hetero) is 1. The summed E-state index contributed by atoms with van der Waals surface area (Å²) in [6, 6.07) is 4.38. The Kier molecular flexibility index (Phi) is 2.24. The van der Waals surface area contributed by atoms with Crippen LogP contribution in [0.15, 0.2) is 12.1 Å². The molecule has 2 unspecified atom stereocenters. The highest BCUT2D eigenvalue weighted by Crippen LogP contribution is 2.42. The van der Waals surface area contributed by atoms with Gasteiger partial charge in [0.25, 0.3) is 0 Å². The van der Waals surface area contributed by atoms with Crippen molar-refractivity contribution in [1.82, 2.24) is 0 Å². The molecule has 2 rings (SSSR count). The summed E-state index contributed by atoms with van der Waals surface area (Å²) in [7, 11) is 0. The number of hydrogen-bond acceptors (Lipinski definition) is 2. The Balaban J connectivity index is 2.13. The van der Waals surface area contributed by atoms with Gasteiger partial charge in [0.2, 0.25) is 0 Å². The van der Waals surface area contributed by atoms with Crippen molar-refractivity contribution in [3.8, 4) is 0 Å². The first-order valence-electron chi connectivity index (χ1n) is 4.83. The maximum atomic E-state index is 11.1. The average molecular weight is 194 g/mol. The van der Waals surface area contributed by atoms with Crippen LogP contribution in [-0.4, -0.2) is 5.78 Å². The van der Waals surface area contributed by atoms with E-state index in [1.807, 2.05) is 18.3 Å². The lowest BCUT2D eigenvalue weighted by atomic mass is 9.73. The van der Waals surface area contributed by atoms with Crippen molar-refractivity contribution < 1.29 is 4.79 Å². The molecule has 70 valence electrons. The Morgan fingerprint density at radius 3 is 2.77 bits per heavy atom. The van der Waals surface area contributed by atoms with Crippen LogP contribution in [0.5, 0.6) is 0 Å². The molecule has 1 aromatic rings. The van der Waals surface area contributed by atoms with E-state index in [9.17, 15) is 4.79 Å². The van der Waals surface area contributed by atoms with Gasteiger partial charge in [-0.3, -0.25) is 4.79 Å². The van der Waals surface area contributed by atoms with Crippen LogP contribution in [0.4, 0.5) is 0 Å². The van der Waals surface area contributed by atoms with Crippen LogP contribution in [0.1, 0.15) is 35.9 Å². The lowest BCUT2D eigenvalue weighted by molar-refractivity contribution is -0.129. The molecule has 0 aromatic carbocycles. The van der Waals surface area contributed by atoms with Crippen molar-refractivity contribution in [3.05, 3.63) is 21.9 Å². The van der Waals surface area contributed by atoms with Crippen LogP contribution in [0.3, 0.4) is 0 Å². The lowest BCUT2D eigenvalue weighted by Gasteiger charge is -2.31. The summed E-state index contributed by atoms with van der Waals surface area (Å²) in [6.07, 6.45) is 1.88. The number of hydrogen-bond donors (Lipinski definition) is 0. The maximum absolute atomic E-state index is 11.1. The van der Waals surface area contributed by atoms with Crippen LogP contribution < -0.4 is 0 Å². The van der Waals surface area contributed by atoms with E-state index in [0.717, 1.165) is 12.8 Å². The Labute approximate surface area is 82.8 Å². The van der Waals surface area contributed by atoms with Gasteiger partial charge in [-0.15, -0.1) is 11.3 Å². The van der Waals surface area contributed by atoms with Crippen LogP contribution in [0.2, 0.25) is 0 Å². The van der Waals surface area contributed by atoms with Gasteiger partial charge in [-0.2, -0.15) is 0 Å². The molecular weight excluding hydrogens is 180 g/mol. The molecule has 1 aromatic heterocycles. The molecule has 2 heteroatoms. The largest absolute Gasteiger partial charge is 0.299 e. The summed E-state index contributed by atoms with van der Waals surface area (Å²) < 4.78 is 0. The first-order chi connectivity index (χ1) is 6.22. The van der Waals surface area contributed by atoms with Crippen LogP contribution in [-0.2, 0) is 11.2 Å². The zero-order valence-electron chi connectivity index (χ0n) is 8.04. The molecule has 0 N–H and O–H groups in total. The molecule has 0 bridgehead atoms. The number of ketones is 1.